The van der Waals surface area contributed by atoms with Gasteiger partial charge in [0.25, 0.3) is 0 Å². The molecule has 0 bridgehead atoms. The topological polar surface area (TPSA) is 72.7 Å². The van der Waals surface area contributed by atoms with Crippen LogP contribution >= 0.6 is 11.6 Å². The van der Waals surface area contributed by atoms with Crippen LogP contribution in [-0.2, 0) is 17.8 Å². The van der Waals surface area contributed by atoms with Gasteiger partial charge in [0.1, 0.15) is 17.3 Å². The molecule has 30 heavy (non-hydrogen) atoms. The molecular formula is C22H24ClFN2O4. The van der Waals surface area contributed by atoms with E-state index in [0.29, 0.717) is 42.1 Å². The number of benzene rings is 2. The summed E-state index contributed by atoms with van der Waals surface area (Å²) in [7, 11) is 3.20. The second-order valence-corrected chi connectivity index (χ2v) is 7.27. The first-order chi connectivity index (χ1) is 14.5. The maximum Gasteiger partial charge on any atom is 0.352 e. The van der Waals surface area contributed by atoms with Crippen molar-refractivity contribution >= 4 is 28.5 Å². The Labute approximate surface area is 179 Å². The van der Waals surface area contributed by atoms with Gasteiger partial charge in [0.05, 0.1) is 12.6 Å². The highest BCUT2D eigenvalue weighted by Gasteiger charge is 2.23. The molecule has 1 aromatic heterocycles. The zero-order chi connectivity index (χ0) is 21.7. The van der Waals surface area contributed by atoms with Crippen LogP contribution < -0.4 is 10.1 Å². The van der Waals surface area contributed by atoms with Crippen molar-refractivity contribution in [2.45, 2.75) is 19.5 Å². The molecule has 0 saturated heterocycles. The molecule has 2 N–H and O–H groups in total. The summed E-state index contributed by atoms with van der Waals surface area (Å²) in [5.41, 5.74) is 2.18. The van der Waals surface area contributed by atoms with E-state index in [1.165, 1.54) is 12.1 Å². The van der Waals surface area contributed by atoms with E-state index in [2.05, 4.69) is 5.32 Å². The lowest BCUT2D eigenvalue weighted by molar-refractivity contribution is 0.0684. The standard InChI is InChI=1S/C22H24ClFN2O4/c1-29-9-3-8-25-12-18-17-7-6-16(30-2)11-20(17)26(21(18)22(27)28)13-14-4-5-15(24)10-19(14)23/h4-7,10-11,25H,3,8-9,12-13H2,1-2H3,(H,27,28). The van der Waals surface area contributed by atoms with Crippen LogP contribution in [-0.4, -0.2) is 43.0 Å². The molecule has 0 saturated carbocycles. The second-order valence-electron chi connectivity index (χ2n) is 6.86. The number of halogens is 2. The van der Waals surface area contributed by atoms with Gasteiger partial charge in [-0.1, -0.05) is 17.7 Å². The van der Waals surface area contributed by atoms with Crippen molar-refractivity contribution in [3.63, 3.8) is 0 Å². The van der Waals surface area contributed by atoms with E-state index in [9.17, 15) is 14.3 Å². The van der Waals surface area contributed by atoms with E-state index in [0.717, 1.165) is 11.8 Å². The van der Waals surface area contributed by atoms with Gasteiger partial charge in [-0.05, 0) is 42.8 Å². The smallest absolute Gasteiger partial charge is 0.352 e. The number of nitrogens with zero attached hydrogens (tertiary/aromatic N) is 1. The fourth-order valence-corrected chi connectivity index (χ4v) is 3.72. The fraction of sp³-hybridized carbons (Fsp3) is 0.318. The third-order valence-electron chi connectivity index (χ3n) is 4.93. The van der Waals surface area contributed by atoms with Gasteiger partial charge < -0.3 is 24.5 Å². The monoisotopic (exact) mass is 434 g/mol. The molecule has 8 heteroatoms. The van der Waals surface area contributed by atoms with E-state index in [-0.39, 0.29) is 17.3 Å². The van der Waals surface area contributed by atoms with E-state index in [4.69, 9.17) is 21.1 Å². The third-order valence-corrected chi connectivity index (χ3v) is 5.28. The van der Waals surface area contributed by atoms with Gasteiger partial charge in [0.2, 0.25) is 0 Å². The highest BCUT2D eigenvalue weighted by atomic mass is 35.5. The minimum Gasteiger partial charge on any atom is -0.497 e. The van der Waals surface area contributed by atoms with E-state index in [1.54, 1.807) is 37.0 Å². The number of nitrogens with one attached hydrogen (secondary N) is 1. The van der Waals surface area contributed by atoms with Crippen LogP contribution in [0.5, 0.6) is 5.75 Å². The largest absolute Gasteiger partial charge is 0.497 e. The third kappa shape index (κ3) is 4.75. The number of aromatic carboxylic acids is 1. The minimum absolute atomic E-state index is 0.165. The van der Waals surface area contributed by atoms with Crippen LogP contribution in [0.2, 0.25) is 5.02 Å². The lowest BCUT2D eigenvalue weighted by atomic mass is 10.1. The number of ether oxygens (including phenoxy) is 2. The maximum atomic E-state index is 13.5. The number of methoxy groups -OCH3 is 2. The first-order valence-corrected chi connectivity index (χ1v) is 9.90. The number of carboxylic acid groups (broad SMARTS) is 1. The average Bonchev–Trinajstić information content (AvgIpc) is 3.02. The molecule has 0 amide bonds. The van der Waals surface area contributed by atoms with E-state index >= 15 is 0 Å². The normalized spacial score (nSPS) is 11.2. The van der Waals surface area contributed by atoms with Crippen molar-refractivity contribution in [1.82, 2.24) is 9.88 Å². The molecule has 0 radical (unpaired) electrons. The number of carboxylic acids is 1. The molecule has 3 aromatic rings. The van der Waals surface area contributed by atoms with Crippen LogP contribution in [0.1, 0.15) is 28.0 Å². The number of aromatic nitrogens is 1. The molecule has 3 rings (SSSR count). The first-order valence-electron chi connectivity index (χ1n) is 9.52. The molecule has 0 spiro atoms. The SMILES string of the molecule is COCCCNCc1c(C(=O)O)n(Cc2ccc(F)cc2Cl)c2cc(OC)ccc12. The number of hydrogen-bond acceptors (Lipinski definition) is 4. The van der Waals surface area contributed by atoms with Crippen LogP contribution in [0.25, 0.3) is 10.9 Å². The van der Waals surface area contributed by atoms with Crippen LogP contribution in [0, 0.1) is 5.82 Å². The van der Waals surface area contributed by atoms with Crippen molar-refractivity contribution in [2.75, 3.05) is 27.4 Å². The molecule has 0 unspecified atom stereocenters. The van der Waals surface area contributed by atoms with Crippen molar-refractivity contribution in [2.24, 2.45) is 0 Å². The zero-order valence-corrected chi connectivity index (χ0v) is 17.6. The fourth-order valence-electron chi connectivity index (χ4n) is 3.49. The summed E-state index contributed by atoms with van der Waals surface area (Å²) in [6.07, 6.45) is 0.816. The van der Waals surface area contributed by atoms with Gasteiger partial charge >= 0.3 is 5.97 Å². The Kier molecular flexibility index (Phi) is 7.31. The van der Waals surface area contributed by atoms with E-state index < -0.39 is 11.8 Å². The van der Waals surface area contributed by atoms with Gasteiger partial charge in [-0.15, -0.1) is 0 Å². The Balaban J connectivity index is 2.08. The molecule has 2 aromatic carbocycles. The molecule has 0 atom stereocenters. The van der Waals surface area contributed by atoms with Gasteiger partial charge in [-0.25, -0.2) is 9.18 Å². The van der Waals surface area contributed by atoms with Gasteiger partial charge in [0.15, 0.2) is 0 Å². The molecule has 160 valence electrons. The molecule has 0 aliphatic heterocycles. The first kappa shape index (κ1) is 22.1. The zero-order valence-electron chi connectivity index (χ0n) is 16.9. The summed E-state index contributed by atoms with van der Waals surface area (Å²) in [6.45, 7) is 1.90. The average molecular weight is 435 g/mol. The van der Waals surface area contributed by atoms with Crippen molar-refractivity contribution in [3.05, 3.63) is 64.1 Å². The summed E-state index contributed by atoms with van der Waals surface area (Å²) < 4.78 is 25.5. The lowest BCUT2D eigenvalue weighted by Crippen LogP contribution is -2.19. The second kappa shape index (κ2) is 9.93. The summed E-state index contributed by atoms with van der Waals surface area (Å²) in [5, 5.41) is 14.4. The van der Waals surface area contributed by atoms with Crippen molar-refractivity contribution < 1.29 is 23.8 Å². The Morgan fingerprint density at radius 3 is 2.70 bits per heavy atom. The number of rotatable bonds is 10. The highest BCUT2D eigenvalue weighted by molar-refractivity contribution is 6.31. The van der Waals surface area contributed by atoms with Gasteiger partial charge in [-0.3, -0.25) is 0 Å². The molecule has 6 nitrogen and oxygen atoms in total. The summed E-state index contributed by atoms with van der Waals surface area (Å²) in [5.74, 6) is -0.873. The predicted molar refractivity (Wildman–Crippen MR) is 114 cm³/mol. The lowest BCUT2D eigenvalue weighted by Gasteiger charge is -2.11. The van der Waals surface area contributed by atoms with E-state index in [1.807, 2.05) is 6.07 Å². The number of hydrogen-bond donors (Lipinski definition) is 2. The van der Waals surface area contributed by atoms with Gasteiger partial charge in [0, 0.05) is 48.8 Å². The molecular weight excluding hydrogens is 411 g/mol. The highest BCUT2D eigenvalue weighted by Crippen LogP contribution is 2.31. The van der Waals surface area contributed by atoms with Crippen LogP contribution in [0.3, 0.4) is 0 Å². The molecule has 0 aliphatic rings. The summed E-state index contributed by atoms with van der Waals surface area (Å²) in [6, 6.07) is 9.56. The van der Waals surface area contributed by atoms with Crippen LogP contribution in [0.4, 0.5) is 4.39 Å². The summed E-state index contributed by atoms with van der Waals surface area (Å²) in [4.78, 5) is 12.2. The minimum atomic E-state index is -1.04. The quantitative estimate of drug-likeness (QED) is 0.465. The number of carbonyl (C=O) groups is 1. The van der Waals surface area contributed by atoms with Crippen molar-refractivity contribution in [3.8, 4) is 5.75 Å². The molecule has 1 heterocycles. The number of fused-ring (bicyclic) bond motifs is 1. The molecule has 0 aliphatic carbocycles. The van der Waals surface area contributed by atoms with Crippen LogP contribution in [0.15, 0.2) is 36.4 Å². The maximum absolute atomic E-state index is 13.5. The molecule has 0 fully saturated rings. The summed E-state index contributed by atoms with van der Waals surface area (Å²) >= 11 is 6.21. The Morgan fingerprint density at radius 2 is 2.03 bits per heavy atom. The Bertz CT molecular complexity index is 1050. The predicted octanol–water partition coefficient (Wildman–Crippen LogP) is 4.32. The Hall–Kier alpha value is -2.61. The van der Waals surface area contributed by atoms with Gasteiger partial charge in [-0.2, -0.15) is 0 Å². The Morgan fingerprint density at radius 1 is 1.23 bits per heavy atom. The van der Waals surface area contributed by atoms with Crippen molar-refractivity contribution in [1.29, 1.82) is 0 Å².